The summed E-state index contributed by atoms with van der Waals surface area (Å²) in [6, 6.07) is 0. The Morgan fingerprint density at radius 3 is 2.19 bits per heavy atom. The minimum atomic E-state index is -0.955. The van der Waals surface area contributed by atoms with Crippen LogP contribution in [0.25, 0.3) is 0 Å². The third-order valence-electron chi connectivity index (χ3n) is 4.18. The highest BCUT2D eigenvalue weighted by molar-refractivity contribution is 5.88. The van der Waals surface area contributed by atoms with Crippen LogP contribution in [-0.2, 0) is 14.4 Å². The van der Waals surface area contributed by atoms with Crippen molar-refractivity contribution in [2.75, 3.05) is 20.1 Å². The minimum absolute atomic E-state index is 0.0156. The average Bonchev–Trinajstić information content (AvgIpc) is 2.65. The van der Waals surface area contributed by atoms with Gasteiger partial charge < -0.3 is 15.3 Å². The highest BCUT2D eigenvalue weighted by atomic mass is 16.4. The number of hydrogen-bond acceptors (Lipinski definition) is 3. The number of carboxylic acid groups (broad SMARTS) is 1. The maximum atomic E-state index is 12.3. The molecule has 21 heavy (non-hydrogen) atoms. The maximum Gasteiger partial charge on any atom is 0.310 e. The first-order valence-corrected chi connectivity index (χ1v) is 7.65. The van der Waals surface area contributed by atoms with E-state index >= 15 is 0 Å². The lowest BCUT2D eigenvalue weighted by Crippen LogP contribution is -2.42. The molecule has 6 heteroatoms. The fraction of sp³-hybridized carbons (Fsp3) is 0.800. The molecule has 2 N–H and O–H groups in total. The summed E-state index contributed by atoms with van der Waals surface area (Å²) in [4.78, 5) is 36.7. The maximum absolute atomic E-state index is 12.3. The summed E-state index contributed by atoms with van der Waals surface area (Å²) >= 11 is 0. The van der Waals surface area contributed by atoms with Gasteiger partial charge in [0.2, 0.25) is 11.8 Å². The van der Waals surface area contributed by atoms with Crippen molar-refractivity contribution in [2.45, 2.75) is 51.9 Å². The first-order valence-electron chi connectivity index (χ1n) is 7.65. The van der Waals surface area contributed by atoms with Gasteiger partial charge in [-0.05, 0) is 19.8 Å². The Bertz CT molecular complexity index is 387. The Morgan fingerprint density at radius 1 is 1.14 bits per heavy atom. The van der Waals surface area contributed by atoms with Gasteiger partial charge in [-0.2, -0.15) is 0 Å². The third-order valence-corrected chi connectivity index (χ3v) is 4.18. The van der Waals surface area contributed by atoms with Gasteiger partial charge in [-0.15, -0.1) is 0 Å². The number of nitrogens with one attached hydrogen (secondary N) is 1. The molecule has 0 heterocycles. The zero-order chi connectivity index (χ0) is 15.9. The van der Waals surface area contributed by atoms with Crippen LogP contribution >= 0.6 is 0 Å². The Kier molecular flexibility index (Phi) is 6.65. The molecule has 0 unspecified atom stereocenters. The van der Waals surface area contributed by atoms with Gasteiger partial charge in [0.05, 0.1) is 12.0 Å². The lowest BCUT2D eigenvalue weighted by molar-refractivity contribution is -0.154. The van der Waals surface area contributed by atoms with Gasteiger partial charge in [0.15, 0.2) is 0 Å². The van der Waals surface area contributed by atoms with E-state index in [0.717, 1.165) is 25.7 Å². The molecule has 0 saturated heterocycles. The molecule has 1 aliphatic rings. The molecule has 120 valence electrons. The summed E-state index contributed by atoms with van der Waals surface area (Å²) < 4.78 is 0. The van der Waals surface area contributed by atoms with Crippen molar-refractivity contribution < 1.29 is 19.5 Å². The van der Waals surface area contributed by atoms with Crippen LogP contribution in [0, 0.1) is 5.41 Å². The second kappa shape index (κ2) is 8.00. The summed E-state index contributed by atoms with van der Waals surface area (Å²) in [5.74, 6) is -1.38. The van der Waals surface area contributed by atoms with E-state index in [-0.39, 0.29) is 24.8 Å². The molecule has 0 aromatic carbocycles. The number of likely N-dealkylation sites (N-methyl/N-ethyl adjacent to an activating group) is 2. The number of amides is 2. The van der Waals surface area contributed by atoms with Gasteiger partial charge in [0, 0.05) is 20.0 Å². The number of carbonyl (C=O) groups excluding carboxylic acids is 2. The van der Waals surface area contributed by atoms with Crippen molar-refractivity contribution in [1.82, 2.24) is 10.2 Å². The van der Waals surface area contributed by atoms with Gasteiger partial charge >= 0.3 is 5.97 Å². The quantitative estimate of drug-likeness (QED) is 0.726. The highest BCUT2D eigenvalue weighted by Gasteiger charge is 2.41. The fourth-order valence-corrected chi connectivity index (χ4v) is 2.85. The number of carbonyl (C=O) groups is 3. The van der Waals surface area contributed by atoms with Crippen LogP contribution in [0.4, 0.5) is 0 Å². The second-order valence-electron chi connectivity index (χ2n) is 5.88. The molecule has 0 atom stereocenters. The molecule has 0 bridgehead atoms. The van der Waals surface area contributed by atoms with Crippen molar-refractivity contribution in [2.24, 2.45) is 5.41 Å². The Labute approximate surface area is 125 Å². The molecule has 0 aromatic heterocycles. The largest absolute Gasteiger partial charge is 0.481 e. The topological polar surface area (TPSA) is 86.7 Å². The van der Waals surface area contributed by atoms with Gasteiger partial charge in [0.25, 0.3) is 0 Å². The Balaban J connectivity index is 2.67. The predicted molar refractivity (Wildman–Crippen MR) is 78.7 cm³/mol. The molecule has 6 nitrogen and oxygen atoms in total. The molecule has 0 aromatic rings. The first-order chi connectivity index (χ1) is 9.91. The van der Waals surface area contributed by atoms with Crippen LogP contribution < -0.4 is 5.32 Å². The molecule has 1 rings (SSSR count). The van der Waals surface area contributed by atoms with E-state index in [0.29, 0.717) is 19.4 Å². The molecule has 2 amide bonds. The van der Waals surface area contributed by atoms with E-state index in [1.165, 1.54) is 4.90 Å². The minimum Gasteiger partial charge on any atom is -0.481 e. The van der Waals surface area contributed by atoms with E-state index in [1.54, 1.807) is 7.05 Å². The predicted octanol–water partition coefficient (Wildman–Crippen LogP) is 1.40. The summed E-state index contributed by atoms with van der Waals surface area (Å²) in [6.45, 7) is 2.30. The summed E-state index contributed by atoms with van der Waals surface area (Å²) in [5, 5.41) is 12.2. The van der Waals surface area contributed by atoms with E-state index in [4.69, 9.17) is 0 Å². The number of rotatable bonds is 6. The van der Waals surface area contributed by atoms with Crippen LogP contribution in [0.5, 0.6) is 0 Å². The summed E-state index contributed by atoms with van der Waals surface area (Å²) in [5.41, 5.74) is -0.955. The van der Waals surface area contributed by atoms with Crippen molar-refractivity contribution in [3.8, 4) is 0 Å². The third kappa shape index (κ3) is 5.02. The molecule has 1 aliphatic carbocycles. The number of nitrogens with zero attached hydrogens (tertiary/aromatic N) is 1. The van der Waals surface area contributed by atoms with E-state index in [1.807, 2.05) is 6.92 Å². The average molecular weight is 298 g/mol. The second-order valence-corrected chi connectivity index (χ2v) is 5.88. The lowest BCUT2D eigenvalue weighted by Gasteiger charge is -2.29. The molecule has 0 radical (unpaired) electrons. The molecule has 1 saturated carbocycles. The normalized spacial score (nSPS) is 17.6. The van der Waals surface area contributed by atoms with E-state index < -0.39 is 11.4 Å². The number of carboxylic acids is 1. The summed E-state index contributed by atoms with van der Waals surface area (Å²) in [6.07, 6.45) is 4.82. The molecule has 0 spiro atoms. The van der Waals surface area contributed by atoms with Gasteiger partial charge in [0.1, 0.15) is 0 Å². The van der Waals surface area contributed by atoms with E-state index in [2.05, 4.69) is 5.32 Å². The van der Waals surface area contributed by atoms with E-state index in [9.17, 15) is 19.5 Å². The zero-order valence-electron chi connectivity index (χ0n) is 13.0. The van der Waals surface area contributed by atoms with Crippen molar-refractivity contribution >= 4 is 17.8 Å². The van der Waals surface area contributed by atoms with Crippen molar-refractivity contribution in [3.63, 3.8) is 0 Å². The van der Waals surface area contributed by atoms with Crippen LogP contribution in [0.2, 0.25) is 0 Å². The van der Waals surface area contributed by atoms with Gasteiger partial charge in [-0.3, -0.25) is 14.4 Å². The number of hydrogen-bond donors (Lipinski definition) is 2. The fourth-order valence-electron chi connectivity index (χ4n) is 2.85. The Morgan fingerprint density at radius 2 is 1.71 bits per heavy atom. The smallest absolute Gasteiger partial charge is 0.310 e. The molecule has 0 aliphatic heterocycles. The monoisotopic (exact) mass is 298 g/mol. The lowest BCUT2D eigenvalue weighted by atomic mass is 9.77. The highest BCUT2D eigenvalue weighted by Crippen LogP contribution is 2.38. The van der Waals surface area contributed by atoms with Crippen LogP contribution in [0.15, 0.2) is 0 Å². The van der Waals surface area contributed by atoms with Crippen LogP contribution in [-0.4, -0.2) is 47.9 Å². The number of aliphatic carboxylic acids is 1. The van der Waals surface area contributed by atoms with Crippen LogP contribution in [0.3, 0.4) is 0 Å². The molecular weight excluding hydrogens is 272 g/mol. The van der Waals surface area contributed by atoms with Crippen LogP contribution in [0.1, 0.15) is 51.9 Å². The summed E-state index contributed by atoms with van der Waals surface area (Å²) in [7, 11) is 1.55. The zero-order valence-corrected chi connectivity index (χ0v) is 13.0. The standard InChI is InChI=1S/C15H26N2O4/c1-3-16-12(18)11-17(2)13(19)10-15(14(20)21)8-6-4-5-7-9-15/h3-11H2,1-2H3,(H,16,18)(H,20,21). The Hall–Kier alpha value is -1.59. The molecular formula is C15H26N2O4. The van der Waals surface area contributed by atoms with Gasteiger partial charge in [-0.25, -0.2) is 0 Å². The first kappa shape index (κ1) is 17.5. The van der Waals surface area contributed by atoms with Gasteiger partial charge in [-0.1, -0.05) is 25.7 Å². The SMILES string of the molecule is CCNC(=O)CN(C)C(=O)CC1(C(=O)O)CCCCCC1. The molecule has 1 fully saturated rings. The van der Waals surface area contributed by atoms with Crippen molar-refractivity contribution in [3.05, 3.63) is 0 Å². The van der Waals surface area contributed by atoms with Crippen molar-refractivity contribution in [1.29, 1.82) is 0 Å².